The standard InChI is InChI=1S/C28H19F5O8/c1-3-10-37-28(36)14-4-6-15(7-5-14)40-19-12-38-18-11-16(8-9-17(18)25(19)34)41-27(35)13(2)39-26-23(32)21(30)20(29)22(31)24(26)33/h4-9,11-13H,3,10H2,1-2H3. The second-order valence-electron chi connectivity index (χ2n) is 8.43. The van der Waals surface area contributed by atoms with Gasteiger partial charge in [-0.1, -0.05) is 6.92 Å². The molecule has 13 heteroatoms. The van der Waals surface area contributed by atoms with Gasteiger partial charge in [0.05, 0.1) is 17.6 Å². The van der Waals surface area contributed by atoms with Crippen molar-refractivity contribution < 1.29 is 54.9 Å². The first kappa shape index (κ1) is 29.1. The van der Waals surface area contributed by atoms with Gasteiger partial charge in [-0.3, -0.25) is 4.79 Å². The Morgan fingerprint density at radius 3 is 2.12 bits per heavy atom. The third-order valence-corrected chi connectivity index (χ3v) is 5.48. The first-order valence-corrected chi connectivity index (χ1v) is 11.9. The summed E-state index contributed by atoms with van der Waals surface area (Å²) in [6.45, 7) is 3.11. The van der Waals surface area contributed by atoms with E-state index in [4.69, 9.17) is 18.6 Å². The summed E-state index contributed by atoms with van der Waals surface area (Å²) in [4.78, 5) is 37.1. The fourth-order valence-corrected chi connectivity index (χ4v) is 3.40. The first-order chi connectivity index (χ1) is 19.5. The molecule has 41 heavy (non-hydrogen) atoms. The van der Waals surface area contributed by atoms with E-state index in [9.17, 15) is 36.3 Å². The number of esters is 2. The Kier molecular flexibility index (Phi) is 8.55. The molecule has 0 fully saturated rings. The van der Waals surface area contributed by atoms with Crippen molar-refractivity contribution in [3.63, 3.8) is 0 Å². The third kappa shape index (κ3) is 6.13. The van der Waals surface area contributed by atoms with Gasteiger partial charge in [0.25, 0.3) is 0 Å². The van der Waals surface area contributed by atoms with Crippen LogP contribution in [0, 0.1) is 29.1 Å². The molecule has 0 saturated carbocycles. The number of halogens is 5. The summed E-state index contributed by atoms with van der Waals surface area (Å²) in [6.07, 6.45) is -0.122. The van der Waals surface area contributed by atoms with E-state index in [0.29, 0.717) is 12.0 Å². The van der Waals surface area contributed by atoms with Gasteiger partial charge < -0.3 is 23.4 Å². The Hall–Kier alpha value is -4.94. The van der Waals surface area contributed by atoms with Gasteiger partial charge in [-0.2, -0.15) is 8.78 Å². The number of ether oxygens (including phenoxy) is 4. The summed E-state index contributed by atoms with van der Waals surface area (Å²) in [6, 6.07) is 9.46. The fourth-order valence-electron chi connectivity index (χ4n) is 3.40. The molecule has 1 unspecified atom stereocenters. The quantitative estimate of drug-likeness (QED) is 0.0759. The molecular formula is C28H19F5O8. The van der Waals surface area contributed by atoms with E-state index in [-0.39, 0.29) is 34.8 Å². The Labute approximate surface area is 227 Å². The molecule has 0 saturated heterocycles. The van der Waals surface area contributed by atoms with Crippen molar-refractivity contribution >= 4 is 22.9 Å². The molecule has 3 aromatic carbocycles. The second kappa shape index (κ2) is 12.1. The lowest BCUT2D eigenvalue weighted by molar-refractivity contribution is -0.141. The topological polar surface area (TPSA) is 101 Å². The Bertz CT molecular complexity index is 1660. The van der Waals surface area contributed by atoms with Gasteiger partial charge in [-0.05, 0) is 49.7 Å². The molecule has 0 aliphatic carbocycles. The minimum absolute atomic E-state index is 0.0324. The van der Waals surface area contributed by atoms with E-state index in [1.165, 1.54) is 36.4 Å². The van der Waals surface area contributed by atoms with Gasteiger partial charge in [-0.15, -0.1) is 0 Å². The summed E-state index contributed by atoms with van der Waals surface area (Å²) in [7, 11) is 0. The zero-order valence-electron chi connectivity index (χ0n) is 21.3. The Balaban J connectivity index is 1.46. The van der Waals surface area contributed by atoms with Gasteiger partial charge in [-0.25, -0.2) is 22.8 Å². The molecule has 1 atom stereocenters. The SMILES string of the molecule is CCCOC(=O)c1ccc(Oc2coc3cc(OC(=O)C(C)Oc4c(F)c(F)c(F)c(F)c4F)ccc3c2=O)cc1. The predicted molar refractivity (Wildman–Crippen MR) is 132 cm³/mol. The lowest BCUT2D eigenvalue weighted by Gasteiger charge is -2.15. The molecule has 0 aliphatic rings. The molecule has 1 aromatic heterocycles. The summed E-state index contributed by atoms with van der Waals surface area (Å²) in [5.41, 5.74) is -0.320. The minimum Gasteiger partial charge on any atom is -0.473 e. The minimum atomic E-state index is -2.38. The van der Waals surface area contributed by atoms with E-state index in [1.54, 1.807) is 0 Å². The number of carbonyl (C=O) groups excluding carboxylic acids is 2. The number of carbonyl (C=O) groups is 2. The van der Waals surface area contributed by atoms with Crippen molar-refractivity contribution in [3.8, 4) is 23.0 Å². The highest BCUT2D eigenvalue weighted by molar-refractivity contribution is 5.89. The number of benzene rings is 3. The van der Waals surface area contributed by atoms with Crippen LogP contribution >= 0.6 is 0 Å². The van der Waals surface area contributed by atoms with Crippen molar-refractivity contribution in [1.82, 2.24) is 0 Å². The lowest BCUT2D eigenvalue weighted by atomic mass is 10.2. The van der Waals surface area contributed by atoms with Crippen LogP contribution in [0.1, 0.15) is 30.6 Å². The van der Waals surface area contributed by atoms with Crippen LogP contribution in [-0.2, 0) is 9.53 Å². The largest absolute Gasteiger partial charge is 0.473 e. The predicted octanol–water partition coefficient (Wildman–Crippen LogP) is 6.22. The molecule has 8 nitrogen and oxygen atoms in total. The normalized spacial score (nSPS) is 11.7. The van der Waals surface area contributed by atoms with E-state index < -0.39 is 58.3 Å². The fraction of sp³-hybridized carbons (Fsp3) is 0.179. The summed E-state index contributed by atoms with van der Waals surface area (Å²) in [5, 5.41) is 0.0350. The average molecular weight is 578 g/mol. The molecule has 0 N–H and O–H groups in total. The van der Waals surface area contributed by atoms with E-state index in [2.05, 4.69) is 4.74 Å². The molecule has 4 aromatic rings. The maximum absolute atomic E-state index is 13.9. The second-order valence-corrected chi connectivity index (χ2v) is 8.43. The van der Waals surface area contributed by atoms with E-state index in [1.807, 2.05) is 6.92 Å². The lowest BCUT2D eigenvalue weighted by Crippen LogP contribution is -2.29. The van der Waals surface area contributed by atoms with Crippen molar-refractivity contribution in [3.05, 3.63) is 93.6 Å². The van der Waals surface area contributed by atoms with Gasteiger partial charge >= 0.3 is 11.9 Å². The molecule has 4 rings (SSSR count). The molecule has 0 radical (unpaired) electrons. The van der Waals surface area contributed by atoms with E-state index in [0.717, 1.165) is 19.3 Å². The number of hydrogen-bond donors (Lipinski definition) is 0. The van der Waals surface area contributed by atoms with E-state index >= 15 is 0 Å². The van der Waals surface area contributed by atoms with Gasteiger partial charge in [0.15, 0.2) is 11.9 Å². The van der Waals surface area contributed by atoms with Crippen LogP contribution in [0.4, 0.5) is 22.0 Å². The maximum atomic E-state index is 13.9. The van der Waals surface area contributed by atoms with Crippen LogP contribution in [0.15, 0.2) is 57.9 Å². The van der Waals surface area contributed by atoms with Crippen LogP contribution in [0.2, 0.25) is 0 Å². The number of hydrogen-bond acceptors (Lipinski definition) is 8. The zero-order chi connectivity index (χ0) is 29.8. The third-order valence-electron chi connectivity index (χ3n) is 5.48. The van der Waals surface area contributed by atoms with Crippen molar-refractivity contribution in [2.45, 2.75) is 26.4 Å². The van der Waals surface area contributed by atoms with Gasteiger partial charge in [0.1, 0.15) is 23.3 Å². The van der Waals surface area contributed by atoms with Crippen LogP contribution in [0.25, 0.3) is 11.0 Å². The average Bonchev–Trinajstić information content (AvgIpc) is 2.97. The smallest absolute Gasteiger partial charge is 0.352 e. The van der Waals surface area contributed by atoms with Crippen molar-refractivity contribution in [2.24, 2.45) is 0 Å². The van der Waals surface area contributed by atoms with Crippen LogP contribution < -0.4 is 19.6 Å². The number of rotatable bonds is 9. The van der Waals surface area contributed by atoms with Crippen molar-refractivity contribution in [2.75, 3.05) is 6.61 Å². The Morgan fingerprint density at radius 2 is 1.49 bits per heavy atom. The monoisotopic (exact) mass is 578 g/mol. The van der Waals surface area contributed by atoms with Gasteiger partial charge in [0, 0.05) is 6.07 Å². The van der Waals surface area contributed by atoms with Crippen molar-refractivity contribution in [1.29, 1.82) is 0 Å². The van der Waals surface area contributed by atoms with Crippen LogP contribution in [-0.4, -0.2) is 24.6 Å². The molecule has 0 spiro atoms. The highest BCUT2D eigenvalue weighted by Crippen LogP contribution is 2.30. The summed E-state index contributed by atoms with van der Waals surface area (Å²) >= 11 is 0. The van der Waals surface area contributed by atoms with Crippen LogP contribution in [0.3, 0.4) is 0 Å². The highest BCUT2D eigenvalue weighted by Gasteiger charge is 2.30. The number of fused-ring (bicyclic) bond motifs is 1. The summed E-state index contributed by atoms with van der Waals surface area (Å²) < 4.78 is 93.4. The molecule has 0 bridgehead atoms. The van der Waals surface area contributed by atoms with Gasteiger partial charge in [0.2, 0.25) is 40.3 Å². The highest BCUT2D eigenvalue weighted by atomic mass is 19.2. The molecule has 1 heterocycles. The molecule has 0 amide bonds. The van der Waals surface area contributed by atoms with Crippen LogP contribution in [0.5, 0.6) is 23.0 Å². The first-order valence-electron chi connectivity index (χ1n) is 11.9. The zero-order valence-corrected chi connectivity index (χ0v) is 21.3. The molecule has 214 valence electrons. The molecular weight excluding hydrogens is 559 g/mol. The maximum Gasteiger partial charge on any atom is 0.352 e. The molecule has 0 aliphatic heterocycles. The summed E-state index contributed by atoms with van der Waals surface area (Å²) in [5.74, 6) is -14.9. The Morgan fingerprint density at radius 1 is 0.878 bits per heavy atom.